The zero-order valence-corrected chi connectivity index (χ0v) is 13.0. The largest absolute Gasteiger partial charge is 0.489 e. The summed E-state index contributed by atoms with van der Waals surface area (Å²) in [5.41, 5.74) is 0. The number of benzene rings is 1. The molecule has 2 N–H and O–H groups in total. The molecular weight excluding hydrogens is 301 g/mol. The average Bonchev–Trinajstić information content (AvgIpc) is 2.45. The van der Waals surface area contributed by atoms with Crippen molar-refractivity contribution in [2.24, 2.45) is 5.92 Å². The molecule has 0 aromatic heterocycles. The molecule has 112 valence electrons. The van der Waals surface area contributed by atoms with E-state index in [4.69, 9.17) is 27.9 Å². The molecule has 1 rings (SSSR count). The SMILES string of the molecule is CCC(C)C(=O)NCC(O)COc1cccc(Cl)c1Cl. The standard InChI is InChI=1S/C14H19Cl2NO3/c1-3-9(2)14(19)17-7-10(18)8-20-12-6-4-5-11(15)13(12)16/h4-6,9-10,18H,3,7-8H2,1-2H3,(H,17,19). The van der Waals surface area contributed by atoms with E-state index in [2.05, 4.69) is 5.32 Å². The van der Waals surface area contributed by atoms with Crippen molar-refractivity contribution in [1.82, 2.24) is 5.32 Å². The summed E-state index contributed by atoms with van der Waals surface area (Å²) in [6, 6.07) is 5.03. The van der Waals surface area contributed by atoms with Gasteiger partial charge in [0.15, 0.2) is 0 Å². The average molecular weight is 320 g/mol. The Kier molecular flexibility index (Phi) is 7.13. The van der Waals surface area contributed by atoms with Crippen LogP contribution in [0.5, 0.6) is 5.75 Å². The predicted molar refractivity (Wildman–Crippen MR) is 80.4 cm³/mol. The summed E-state index contributed by atoms with van der Waals surface area (Å²) in [6.07, 6.45) is -0.0469. The van der Waals surface area contributed by atoms with Gasteiger partial charge in [0.2, 0.25) is 5.91 Å². The molecule has 1 amide bonds. The molecule has 2 atom stereocenters. The second-order valence-electron chi connectivity index (χ2n) is 4.57. The molecule has 0 bridgehead atoms. The number of ether oxygens (including phenoxy) is 1. The lowest BCUT2D eigenvalue weighted by atomic mass is 10.1. The highest BCUT2D eigenvalue weighted by molar-refractivity contribution is 6.42. The van der Waals surface area contributed by atoms with Crippen LogP contribution in [0.3, 0.4) is 0 Å². The third-order valence-corrected chi connectivity index (χ3v) is 3.72. The van der Waals surface area contributed by atoms with Crippen molar-refractivity contribution in [1.29, 1.82) is 0 Å². The summed E-state index contributed by atoms with van der Waals surface area (Å²) in [5.74, 6) is 0.268. The highest BCUT2D eigenvalue weighted by atomic mass is 35.5. The lowest BCUT2D eigenvalue weighted by molar-refractivity contribution is -0.125. The van der Waals surface area contributed by atoms with E-state index in [1.54, 1.807) is 18.2 Å². The van der Waals surface area contributed by atoms with Crippen molar-refractivity contribution in [2.75, 3.05) is 13.2 Å². The highest BCUT2D eigenvalue weighted by Gasteiger charge is 2.13. The number of hydrogen-bond acceptors (Lipinski definition) is 3. The smallest absolute Gasteiger partial charge is 0.222 e. The molecule has 0 fully saturated rings. The van der Waals surface area contributed by atoms with E-state index in [-0.39, 0.29) is 25.0 Å². The second kappa shape index (κ2) is 8.35. The molecule has 1 aromatic rings. The van der Waals surface area contributed by atoms with E-state index in [1.807, 2.05) is 13.8 Å². The Morgan fingerprint density at radius 2 is 2.15 bits per heavy atom. The first-order valence-electron chi connectivity index (χ1n) is 6.48. The lowest BCUT2D eigenvalue weighted by Gasteiger charge is -2.15. The minimum atomic E-state index is -0.807. The summed E-state index contributed by atoms with van der Waals surface area (Å²) in [7, 11) is 0. The van der Waals surface area contributed by atoms with Gasteiger partial charge in [-0.15, -0.1) is 0 Å². The Morgan fingerprint density at radius 1 is 1.45 bits per heavy atom. The molecule has 0 spiro atoms. The molecule has 1 aromatic carbocycles. The number of carbonyl (C=O) groups is 1. The Hall–Kier alpha value is -0.970. The van der Waals surface area contributed by atoms with E-state index in [0.29, 0.717) is 15.8 Å². The molecule has 0 saturated heterocycles. The molecule has 4 nitrogen and oxygen atoms in total. The Labute approximate surface area is 129 Å². The monoisotopic (exact) mass is 319 g/mol. The minimum Gasteiger partial charge on any atom is -0.489 e. The van der Waals surface area contributed by atoms with Gasteiger partial charge in [-0.1, -0.05) is 43.1 Å². The van der Waals surface area contributed by atoms with Crippen LogP contribution in [0, 0.1) is 5.92 Å². The third-order valence-electron chi connectivity index (χ3n) is 2.92. The first kappa shape index (κ1) is 17.1. The normalized spacial score (nSPS) is 13.7. The minimum absolute atomic E-state index is 0.0286. The number of carbonyl (C=O) groups excluding carboxylic acids is 1. The molecule has 20 heavy (non-hydrogen) atoms. The molecule has 0 aliphatic heterocycles. The number of aliphatic hydroxyl groups excluding tert-OH is 1. The Morgan fingerprint density at radius 3 is 2.80 bits per heavy atom. The fraction of sp³-hybridized carbons (Fsp3) is 0.500. The quantitative estimate of drug-likeness (QED) is 0.812. The summed E-state index contributed by atoms with van der Waals surface area (Å²) in [5, 5.41) is 13.1. The zero-order chi connectivity index (χ0) is 15.1. The van der Waals surface area contributed by atoms with Gasteiger partial charge in [0.05, 0.1) is 5.02 Å². The summed E-state index contributed by atoms with van der Waals surface area (Å²) in [6.45, 7) is 3.94. The van der Waals surface area contributed by atoms with Crippen LogP contribution in [0.4, 0.5) is 0 Å². The molecule has 0 heterocycles. The summed E-state index contributed by atoms with van der Waals surface area (Å²) < 4.78 is 5.38. The van der Waals surface area contributed by atoms with Gasteiger partial charge in [-0.05, 0) is 18.6 Å². The van der Waals surface area contributed by atoms with Gasteiger partial charge in [0.1, 0.15) is 23.5 Å². The van der Waals surface area contributed by atoms with Crippen LogP contribution < -0.4 is 10.1 Å². The lowest BCUT2D eigenvalue weighted by Crippen LogP contribution is -2.37. The van der Waals surface area contributed by atoms with Crippen molar-refractivity contribution in [3.8, 4) is 5.75 Å². The van der Waals surface area contributed by atoms with Crippen LogP contribution in [0.15, 0.2) is 18.2 Å². The van der Waals surface area contributed by atoms with Crippen molar-refractivity contribution in [2.45, 2.75) is 26.4 Å². The predicted octanol–water partition coefficient (Wildman–Crippen LogP) is 2.90. The van der Waals surface area contributed by atoms with Crippen molar-refractivity contribution in [3.05, 3.63) is 28.2 Å². The third kappa shape index (κ3) is 5.19. The molecule has 0 aliphatic rings. The Bertz CT molecular complexity index is 454. The fourth-order valence-electron chi connectivity index (χ4n) is 1.42. The van der Waals surface area contributed by atoms with E-state index >= 15 is 0 Å². The summed E-state index contributed by atoms with van der Waals surface area (Å²) >= 11 is 11.8. The maximum Gasteiger partial charge on any atom is 0.222 e. The van der Waals surface area contributed by atoms with E-state index < -0.39 is 6.10 Å². The first-order valence-corrected chi connectivity index (χ1v) is 7.23. The molecule has 0 saturated carbocycles. The van der Waals surface area contributed by atoms with E-state index in [0.717, 1.165) is 6.42 Å². The molecule has 0 aliphatic carbocycles. The molecule has 0 radical (unpaired) electrons. The van der Waals surface area contributed by atoms with Crippen molar-refractivity contribution < 1.29 is 14.6 Å². The molecule has 6 heteroatoms. The number of halogens is 2. The van der Waals surface area contributed by atoms with Crippen LogP contribution in [-0.4, -0.2) is 30.3 Å². The van der Waals surface area contributed by atoms with Crippen molar-refractivity contribution in [3.63, 3.8) is 0 Å². The van der Waals surface area contributed by atoms with Gasteiger partial charge in [-0.25, -0.2) is 0 Å². The van der Waals surface area contributed by atoms with E-state index in [1.165, 1.54) is 0 Å². The number of aliphatic hydroxyl groups is 1. The van der Waals surface area contributed by atoms with Crippen LogP contribution >= 0.6 is 23.2 Å². The Balaban J connectivity index is 2.38. The van der Waals surface area contributed by atoms with Crippen molar-refractivity contribution >= 4 is 29.1 Å². The number of nitrogens with one attached hydrogen (secondary N) is 1. The summed E-state index contributed by atoms with van der Waals surface area (Å²) in [4.78, 5) is 11.5. The topological polar surface area (TPSA) is 58.6 Å². The second-order valence-corrected chi connectivity index (χ2v) is 5.36. The zero-order valence-electron chi connectivity index (χ0n) is 11.5. The van der Waals surface area contributed by atoms with Crippen LogP contribution in [0.25, 0.3) is 0 Å². The van der Waals surface area contributed by atoms with Crippen LogP contribution in [0.1, 0.15) is 20.3 Å². The maximum atomic E-state index is 11.5. The molecule has 2 unspecified atom stereocenters. The first-order chi connectivity index (χ1) is 9.45. The van der Waals surface area contributed by atoms with E-state index in [9.17, 15) is 9.90 Å². The van der Waals surface area contributed by atoms with Gasteiger partial charge in [-0.2, -0.15) is 0 Å². The van der Waals surface area contributed by atoms with Gasteiger partial charge >= 0.3 is 0 Å². The van der Waals surface area contributed by atoms with Gasteiger partial charge < -0.3 is 15.2 Å². The van der Waals surface area contributed by atoms with Gasteiger partial charge in [-0.3, -0.25) is 4.79 Å². The maximum absolute atomic E-state index is 11.5. The molecular formula is C14H19Cl2NO3. The number of hydrogen-bond donors (Lipinski definition) is 2. The number of rotatable bonds is 7. The highest BCUT2D eigenvalue weighted by Crippen LogP contribution is 2.31. The van der Waals surface area contributed by atoms with Crippen LogP contribution in [-0.2, 0) is 4.79 Å². The number of amides is 1. The van der Waals surface area contributed by atoms with Gasteiger partial charge in [0, 0.05) is 12.5 Å². The fourth-order valence-corrected chi connectivity index (χ4v) is 1.76. The van der Waals surface area contributed by atoms with Crippen LogP contribution in [0.2, 0.25) is 10.0 Å². The van der Waals surface area contributed by atoms with Gasteiger partial charge in [0.25, 0.3) is 0 Å².